The van der Waals surface area contributed by atoms with Gasteiger partial charge in [-0.25, -0.2) is 0 Å². The van der Waals surface area contributed by atoms with Gasteiger partial charge in [0.2, 0.25) is 0 Å². The molecule has 2 fully saturated rings. The molecule has 2 aliphatic rings. The van der Waals surface area contributed by atoms with Crippen molar-refractivity contribution < 1.29 is 0 Å². The maximum atomic E-state index is 6.26. The van der Waals surface area contributed by atoms with Gasteiger partial charge in [-0.05, 0) is 12.8 Å². The Bertz CT molecular complexity index is 180. The minimum atomic E-state index is -0.434. The van der Waals surface area contributed by atoms with E-state index in [0.29, 0.717) is 0 Å². The zero-order chi connectivity index (χ0) is 8.33. The SMILES string of the molecule is CC12CCCCC1(C)C2(Cl)Cl. The van der Waals surface area contributed by atoms with Crippen LogP contribution in [-0.2, 0) is 0 Å². The summed E-state index contributed by atoms with van der Waals surface area (Å²) in [6, 6.07) is 0. The number of hydrogen-bond acceptors (Lipinski definition) is 0. The Balaban J connectivity index is 2.33. The highest BCUT2D eigenvalue weighted by atomic mass is 35.5. The third-order valence-corrected chi connectivity index (χ3v) is 5.81. The van der Waals surface area contributed by atoms with Crippen molar-refractivity contribution >= 4 is 23.2 Å². The van der Waals surface area contributed by atoms with Crippen molar-refractivity contribution in [1.29, 1.82) is 0 Å². The summed E-state index contributed by atoms with van der Waals surface area (Å²) in [7, 11) is 0. The second-order valence-electron chi connectivity index (χ2n) is 4.45. The van der Waals surface area contributed by atoms with Gasteiger partial charge in [-0.2, -0.15) is 0 Å². The Morgan fingerprint density at radius 1 is 0.909 bits per heavy atom. The Labute approximate surface area is 78.3 Å². The molecule has 0 nitrogen and oxygen atoms in total. The molecule has 0 aromatic heterocycles. The van der Waals surface area contributed by atoms with Gasteiger partial charge in [0.1, 0.15) is 4.33 Å². The van der Waals surface area contributed by atoms with Gasteiger partial charge in [0.25, 0.3) is 0 Å². The van der Waals surface area contributed by atoms with Crippen LogP contribution in [0.4, 0.5) is 0 Å². The van der Waals surface area contributed by atoms with Gasteiger partial charge in [-0.15, -0.1) is 23.2 Å². The Morgan fingerprint density at radius 3 is 1.55 bits per heavy atom. The highest BCUT2D eigenvalue weighted by Crippen LogP contribution is 2.82. The van der Waals surface area contributed by atoms with E-state index in [0.717, 1.165) is 0 Å². The van der Waals surface area contributed by atoms with Crippen LogP contribution in [0, 0.1) is 10.8 Å². The fraction of sp³-hybridized carbons (Fsp3) is 1.00. The number of rotatable bonds is 0. The minimum absolute atomic E-state index is 0.210. The first kappa shape index (κ1) is 8.19. The van der Waals surface area contributed by atoms with Crippen LogP contribution < -0.4 is 0 Å². The van der Waals surface area contributed by atoms with Gasteiger partial charge in [0.05, 0.1) is 0 Å². The summed E-state index contributed by atoms with van der Waals surface area (Å²) in [6.07, 6.45) is 5.01. The zero-order valence-electron chi connectivity index (χ0n) is 7.08. The summed E-state index contributed by atoms with van der Waals surface area (Å²) in [5.41, 5.74) is 0.419. The monoisotopic (exact) mass is 192 g/mol. The fourth-order valence-corrected chi connectivity index (χ4v) is 3.89. The standard InChI is InChI=1S/C9H14Cl2/c1-7-5-3-4-6-8(7,2)9(7,10)11/h3-6H2,1-2H3. The number of alkyl halides is 2. The third-order valence-electron chi connectivity index (χ3n) is 4.14. The number of fused-ring (bicyclic) bond motifs is 1. The van der Waals surface area contributed by atoms with E-state index >= 15 is 0 Å². The predicted molar refractivity (Wildman–Crippen MR) is 49.1 cm³/mol. The summed E-state index contributed by atoms with van der Waals surface area (Å²) in [5.74, 6) is 0. The molecule has 2 rings (SSSR count). The van der Waals surface area contributed by atoms with Gasteiger partial charge >= 0.3 is 0 Å². The Hall–Kier alpha value is 0.580. The zero-order valence-corrected chi connectivity index (χ0v) is 8.60. The molecular formula is C9H14Cl2. The minimum Gasteiger partial charge on any atom is -0.100 e. The van der Waals surface area contributed by atoms with E-state index < -0.39 is 4.33 Å². The van der Waals surface area contributed by atoms with Crippen LogP contribution in [0.25, 0.3) is 0 Å². The fourth-order valence-electron chi connectivity index (χ4n) is 2.77. The quantitative estimate of drug-likeness (QED) is 0.514. The van der Waals surface area contributed by atoms with Crippen LogP contribution in [0.3, 0.4) is 0 Å². The Morgan fingerprint density at radius 2 is 1.27 bits per heavy atom. The lowest BCUT2D eigenvalue weighted by Gasteiger charge is -2.21. The molecule has 0 amide bonds. The van der Waals surface area contributed by atoms with Gasteiger partial charge < -0.3 is 0 Å². The van der Waals surface area contributed by atoms with Crippen LogP contribution in [0.2, 0.25) is 0 Å². The van der Waals surface area contributed by atoms with E-state index in [1.54, 1.807) is 0 Å². The van der Waals surface area contributed by atoms with E-state index in [-0.39, 0.29) is 10.8 Å². The molecule has 2 saturated carbocycles. The molecule has 0 aliphatic heterocycles. The summed E-state index contributed by atoms with van der Waals surface area (Å²) in [4.78, 5) is 0. The lowest BCUT2D eigenvalue weighted by atomic mass is 9.82. The summed E-state index contributed by atoms with van der Waals surface area (Å²) in [6.45, 7) is 4.46. The summed E-state index contributed by atoms with van der Waals surface area (Å²) < 4.78 is -0.434. The maximum Gasteiger partial charge on any atom is 0.130 e. The number of hydrogen-bond donors (Lipinski definition) is 0. The van der Waals surface area contributed by atoms with Crippen molar-refractivity contribution in [1.82, 2.24) is 0 Å². The molecule has 0 radical (unpaired) electrons. The Kier molecular flexibility index (Phi) is 1.42. The molecule has 2 unspecified atom stereocenters. The molecule has 2 atom stereocenters. The molecule has 0 bridgehead atoms. The molecule has 0 heterocycles. The molecule has 0 spiro atoms. The van der Waals surface area contributed by atoms with E-state index in [1.807, 2.05) is 0 Å². The molecule has 2 heteroatoms. The van der Waals surface area contributed by atoms with Gasteiger partial charge in [-0.3, -0.25) is 0 Å². The molecule has 0 N–H and O–H groups in total. The lowest BCUT2D eigenvalue weighted by molar-refractivity contribution is 0.277. The highest BCUT2D eigenvalue weighted by molar-refractivity contribution is 6.52. The van der Waals surface area contributed by atoms with Crippen molar-refractivity contribution in [2.45, 2.75) is 43.9 Å². The number of halogens is 2. The van der Waals surface area contributed by atoms with Crippen LogP contribution in [0.1, 0.15) is 39.5 Å². The van der Waals surface area contributed by atoms with Crippen molar-refractivity contribution in [2.24, 2.45) is 10.8 Å². The molecule has 0 aromatic rings. The second kappa shape index (κ2) is 1.90. The smallest absolute Gasteiger partial charge is 0.100 e. The van der Waals surface area contributed by atoms with E-state index in [4.69, 9.17) is 23.2 Å². The highest BCUT2D eigenvalue weighted by Gasteiger charge is 2.81. The molecule has 0 aromatic carbocycles. The normalized spacial score (nSPS) is 53.5. The molecule has 2 aliphatic carbocycles. The van der Waals surface area contributed by atoms with Crippen molar-refractivity contribution in [3.05, 3.63) is 0 Å². The van der Waals surface area contributed by atoms with Gasteiger partial charge in [0, 0.05) is 10.8 Å². The first-order valence-corrected chi connectivity index (χ1v) is 5.09. The molecule has 0 saturated heterocycles. The second-order valence-corrected chi connectivity index (χ2v) is 5.77. The van der Waals surface area contributed by atoms with Crippen LogP contribution in [0.15, 0.2) is 0 Å². The van der Waals surface area contributed by atoms with Gasteiger partial charge in [-0.1, -0.05) is 26.7 Å². The average Bonchev–Trinajstić information content (AvgIpc) is 2.28. The van der Waals surface area contributed by atoms with Crippen LogP contribution in [-0.4, -0.2) is 4.33 Å². The van der Waals surface area contributed by atoms with Crippen molar-refractivity contribution in [2.75, 3.05) is 0 Å². The van der Waals surface area contributed by atoms with E-state index in [1.165, 1.54) is 25.7 Å². The molecular weight excluding hydrogens is 179 g/mol. The van der Waals surface area contributed by atoms with Crippen molar-refractivity contribution in [3.63, 3.8) is 0 Å². The van der Waals surface area contributed by atoms with E-state index in [2.05, 4.69) is 13.8 Å². The summed E-state index contributed by atoms with van der Waals surface area (Å²) in [5, 5.41) is 0. The first-order chi connectivity index (χ1) is 4.96. The largest absolute Gasteiger partial charge is 0.130 e. The van der Waals surface area contributed by atoms with Crippen LogP contribution >= 0.6 is 23.2 Å². The third kappa shape index (κ3) is 0.651. The van der Waals surface area contributed by atoms with Crippen LogP contribution in [0.5, 0.6) is 0 Å². The lowest BCUT2D eigenvalue weighted by Crippen LogP contribution is -2.12. The maximum absolute atomic E-state index is 6.26. The molecule has 64 valence electrons. The molecule has 11 heavy (non-hydrogen) atoms. The predicted octanol–water partition coefficient (Wildman–Crippen LogP) is 3.76. The topological polar surface area (TPSA) is 0 Å². The van der Waals surface area contributed by atoms with Gasteiger partial charge in [0.15, 0.2) is 0 Å². The summed E-state index contributed by atoms with van der Waals surface area (Å²) >= 11 is 12.5. The van der Waals surface area contributed by atoms with E-state index in [9.17, 15) is 0 Å². The first-order valence-electron chi connectivity index (χ1n) is 4.34. The average molecular weight is 193 g/mol. The van der Waals surface area contributed by atoms with Crippen molar-refractivity contribution in [3.8, 4) is 0 Å².